The second-order valence-electron chi connectivity index (χ2n) is 7.38. The molecule has 0 unspecified atom stereocenters. The molecule has 0 radical (unpaired) electrons. The van der Waals surface area contributed by atoms with Gasteiger partial charge >= 0.3 is 0 Å². The van der Waals surface area contributed by atoms with E-state index >= 15 is 0 Å². The van der Waals surface area contributed by atoms with E-state index in [-0.39, 0.29) is 13.0 Å². The summed E-state index contributed by atoms with van der Waals surface area (Å²) in [4.78, 5) is 24.3. The Morgan fingerprint density at radius 3 is 2.58 bits per heavy atom. The first-order valence-corrected chi connectivity index (χ1v) is 11.3. The number of amides is 2. The number of nitrogens with one attached hydrogen (secondary N) is 2. The summed E-state index contributed by atoms with van der Waals surface area (Å²) in [7, 11) is 0. The number of rotatable bonds is 8. The second-order valence-corrected chi connectivity index (χ2v) is 8.70. The fourth-order valence-electron chi connectivity index (χ4n) is 2.91. The molecule has 0 bridgehead atoms. The molecule has 2 N–H and O–H groups in total. The van der Waals surface area contributed by atoms with Gasteiger partial charge in [0.05, 0.1) is 6.21 Å². The fraction of sp³-hybridized carbons (Fsp3) is 0.160. The van der Waals surface area contributed by atoms with Crippen LogP contribution in [0.2, 0.25) is 5.02 Å². The normalized spacial score (nSPS) is 10.8. The number of carbonyl (C=O) groups is 2. The number of hydrazone groups is 1. The zero-order valence-corrected chi connectivity index (χ0v) is 20.5. The molecule has 0 aromatic heterocycles. The van der Waals surface area contributed by atoms with Crippen molar-refractivity contribution in [1.82, 2.24) is 5.43 Å². The highest BCUT2D eigenvalue weighted by Crippen LogP contribution is 2.24. The Morgan fingerprint density at radius 1 is 1.03 bits per heavy atom. The van der Waals surface area contributed by atoms with Crippen LogP contribution >= 0.6 is 27.5 Å². The van der Waals surface area contributed by atoms with Gasteiger partial charge in [0.2, 0.25) is 11.8 Å². The van der Waals surface area contributed by atoms with Crippen molar-refractivity contribution in [3.05, 3.63) is 92.4 Å². The average molecular weight is 529 g/mol. The number of benzene rings is 3. The van der Waals surface area contributed by atoms with Gasteiger partial charge in [0, 0.05) is 26.3 Å². The van der Waals surface area contributed by atoms with Crippen molar-refractivity contribution in [3.63, 3.8) is 0 Å². The molecule has 3 aromatic carbocycles. The molecule has 170 valence electrons. The first-order chi connectivity index (χ1) is 15.8. The number of ether oxygens (including phenoxy) is 1. The third-order valence-corrected chi connectivity index (χ3v) is 5.68. The molecule has 0 aliphatic rings. The molecule has 0 aliphatic carbocycles. The second kappa shape index (κ2) is 11.6. The first-order valence-electron chi connectivity index (χ1n) is 10.2. The zero-order chi connectivity index (χ0) is 23.8. The van der Waals surface area contributed by atoms with E-state index < -0.39 is 11.8 Å². The average Bonchev–Trinajstić information content (AvgIpc) is 2.76. The minimum Gasteiger partial charge on any atom is -0.488 e. The summed E-state index contributed by atoms with van der Waals surface area (Å²) >= 11 is 9.61. The number of aryl methyl sites for hydroxylation is 2. The molecular weight excluding hydrogens is 506 g/mol. The lowest BCUT2D eigenvalue weighted by Crippen LogP contribution is -2.24. The van der Waals surface area contributed by atoms with Gasteiger partial charge in [-0.2, -0.15) is 5.10 Å². The van der Waals surface area contributed by atoms with Crippen LogP contribution in [0.3, 0.4) is 0 Å². The van der Waals surface area contributed by atoms with Crippen LogP contribution in [0.5, 0.6) is 5.75 Å². The molecule has 8 heteroatoms. The molecule has 6 nitrogen and oxygen atoms in total. The Kier molecular flexibility index (Phi) is 8.63. The maximum absolute atomic E-state index is 12.1. The lowest BCUT2D eigenvalue weighted by Gasteiger charge is -2.10. The van der Waals surface area contributed by atoms with Crippen LogP contribution in [-0.4, -0.2) is 18.0 Å². The summed E-state index contributed by atoms with van der Waals surface area (Å²) in [6.45, 7) is 4.23. The highest BCUT2D eigenvalue weighted by atomic mass is 79.9. The first kappa shape index (κ1) is 24.5. The highest BCUT2D eigenvalue weighted by Gasteiger charge is 2.10. The maximum Gasteiger partial charge on any atom is 0.249 e. The monoisotopic (exact) mass is 527 g/mol. The molecule has 3 aromatic rings. The predicted molar refractivity (Wildman–Crippen MR) is 135 cm³/mol. The van der Waals surface area contributed by atoms with Crippen LogP contribution in [0.15, 0.2) is 70.2 Å². The minimum atomic E-state index is -0.527. The number of halogens is 2. The largest absolute Gasteiger partial charge is 0.488 e. The molecule has 0 saturated heterocycles. The fourth-order valence-corrected chi connectivity index (χ4v) is 3.48. The van der Waals surface area contributed by atoms with E-state index in [9.17, 15) is 9.59 Å². The van der Waals surface area contributed by atoms with Gasteiger partial charge in [0.25, 0.3) is 0 Å². The topological polar surface area (TPSA) is 79.8 Å². The van der Waals surface area contributed by atoms with E-state index in [1.54, 1.807) is 18.2 Å². The van der Waals surface area contributed by atoms with Crippen molar-refractivity contribution in [2.45, 2.75) is 26.9 Å². The number of hydrogen-bond donors (Lipinski definition) is 2. The summed E-state index contributed by atoms with van der Waals surface area (Å²) in [6.07, 6.45) is 1.12. The molecule has 0 spiro atoms. The van der Waals surface area contributed by atoms with Crippen LogP contribution in [0.25, 0.3) is 0 Å². The van der Waals surface area contributed by atoms with E-state index in [1.165, 1.54) is 6.21 Å². The SMILES string of the molecule is Cc1ccc(NC(=O)CC(=O)NN=Cc2cc(Br)ccc2OCc2ccccc2Cl)cc1C. The van der Waals surface area contributed by atoms with Crippen LogP contribution in [-0.2, 0) is 16.2 Å². The molecule has 0 fully saturated rings. The molecule has 0 saturated carbocycles. The standard InChI is InChI=1S/C25H23BrClN3O3/c1-16-7-9-21(11-17(16)2)29-24(31)13-25(32)30-28-14-19-12-20(26)8-10-23(19)33-15-18-5-3-4-6-22(18)27/h3-12,14H,13,15H2,1-2H3,(H,29,31)(H,30,32). The van der Waals surface area contributed by atoms with Crippen LogP contribution in [0.4, 0.5) is 5.69 Å². The number of carbonyl (C=O) groups excluding carboxylic acids is 2. The van der Waals surface area contributed by atoms with Crippen molar-refractivity contribution in [3.8, 4) is 5.75 Å². The Hall–Kier alpha value is -3.16. The highest BCUT2D eigenvalue weighted by molar-refractivity contribution is 9.10. The number of hydrogen-bond acceptors (Lipinski definition) is 4. The summed E-state index contributed by atoms with van der Waals surface area (Å²) in [5.41, 5.74) is 6.71. The number of anilines is 1. The van der Waals surface area contributed by atoms with Crippen LogP contribution < -0.4 is 15.5 Å². The minimum absolute atomic E-state index is 0.285. The Morgan fingerprint density at radius 2 is 1.82 bits per heavy atom. The van der Waals surface area contributed by atoms with E-state index in [0.717, 1.165) is 21.2 Å². The van der Waals surface area contributed by atoms with Gasteiger partial charge in [0.1, 0.15) is 18.8 Å². The molecule has 3 rings (SSSR count). The third-order valence-electron chi connectivity index (χ3n) is 4.82. The van der Waals surface area contributed by atoms with Gasteiger partial charge in [-0.05, 0) is 61.4 Å². The summed E-state index contributed by atoms with van der Waals surface area (Å²) in [5.74, 6) is -0.373. The Balaban J connectivity index is 1.57. The van der Waals surface area contributed by atoms with Crippen molar-refractivity contribution in [2.24, 2.45) is 5.10 Å². The molecule has 2 amide bonds. The van der Waals surface area contributed by atoms with Gasteiger partial charge in [0.15, 0.2) is 0 Å². The molecule has 0 heterocycles. The Bertz CT molecular complexity index is 1200. The van der Waals surface area contributed by atoms with E-state index in [4.69, 9.17) is 16.3 Å². The molecule has 0 aliphatic heterocycles. The van der Waals surface area contributed by atoms with Crippen molar-refractivity contribution >= 4 is 51.2 Å². The molecular formula is C25H23BrClN3O3. The summed E-state index contributed by atoms with van der Waals surface area (Å²) in [6, 6.07) is 18.5. The van der Waals surface area contributed by atoms with Gasteiger partial charge in [-0.25, -0.2) is 5.43 Å². The van der Waals surface area contributed by atoms with Crippen LogP contribution in [0.1, 0.15) is 28.7 Å². The van der Waals surface area contributed by atoms with Gasteiger partial charge in [-0.1, -0.05) is 51.8 Å². The van der Waals surface area contributed by atoms with Gasteiger partial charge in [-0.15, -0.1) is 0 Å². The van der Waals surface area contributed by atoms with Crippen molar-refractivity contribution in [2.75, 3.05) is 5.32 Å². The quantitative estimate of drug-likeness (QED) is 0.221. The van der Waals surface area contributed by atoms with Gasteiger partial charge in [-0.3, -0.25) is 9.59 Å². The lowest BCUT2D eigenvalue weighted by molar-refractivity contribution is -0.126. The Labute approximate surface area is 206 Å². The maximum atomic E-state index is 12.1. The molecule has 33 heavy (non-hydrogen) atoms. The zero-order valence-electron chi connectivity index (χ0n) is 18.2. The predicted octanol–water partition coefficient (Wildman–Crippen LogP) is 5.78. The van der Waals surface area contributed by atoms with Crippen LogP contribution in [0, 0.1) is 13.8 Å². The lowest BCUT2D eigenvalue weighted by atomic mass is 10.1. The summed E-state index contributed by atoms with van der Waals surface area (Å²) in [5, 5.41) is 7.31. The third kappa shape index (κ3) is 7.44. The summed E-state index contributed by atoms with van der Waals surface area (Å²) < 4.78 is 6.72. The molecule has 0 atom stereocenters. The van der Waals surface area contributed by atoms with E-state index in [0.29, 0.717) is 22.0 Å². The van der Waals surface area contributed by atoms with Gasteiger partial charge < -0.3 is 10.1 Å². The number of nitrogens with zero attached hydrogens (tertiary/aromatic N) is 1. The smallest absolute Gasteiger partial charge is 0.249 e. The van der Waals surface area contributed by atoms with Crippen molar-refractivity contribution < 1.29 is 14.3 Å². The van der Waals surface area contributed by atoms with E-state index in [2.05, 4.69) is 31.8 Å². The van der Waals surface area contributed by atoms with Crippen molar-refractivity contribution in [1.29, 1.82) is 0 Å². The van der Waals surface area contributed by atoms with E-state index in [1.807, 2.05) is 56.3 Å².